The third-order valence-corrected chi connectivity index (χ3v) is 7.81. The quantitative estimate of drug-likeness (QED) is 0.573. The third kappa shape index (κ3) is 4.62. The molecule has 33 heavy (non-hydrogen) atoms. The Hall–Kier alpha value is -3.24. The van der Waals surface area contributed by atoms with Gasteiger partial charge in [-0.15, -0.1) is 0 Å². The molecule has 10 heteroatoms. The number of rotatable bonds is 8. The lowest BCUT2D eigenvalue weighted by Crippen LogP contribution is -2.42. The number of imide groups is 1. The molecule has 1 aliphatic rings. The molecule has 1 unspecified atom stereocenters. The summed E-state index contributed by atoms with van der Waals surface area (Å²) in [4.78, 5) is 39.1. The van der Waals surface area contributed by atoms with Crippen molar-refractivity contribution in [1.82, 2.24) is 14.5 Å². The van der Waals surface area contributed by atoms with Crippen molar-refractivity contribution in [3.63, 3.8) is 0 Å². The van der Waals surface area contributed by atoms with E-state index in [2.05, 4.69) is 10.6 Å². The monoisotopic (exact) mass is 472 g/mol. The lowest BCUT2D eigenvalue weighted by Gasteiger charge is -2.24. The van der Waals surface area contributed by atoms with Crippen LogP contribution >= 0.6 is 0 Å². The molecule has 1 heterocycles. The van der Waals surface area contributed by atoms with Crippen LogP contribution in [-0.4, -0.2) is 55.1 Å². The predicted octanol–water partition coefficient (Wildman–Crippen LogP) is 2.43. The molecular formula is C23H28N4O5S. The second-order valence-corrected chi connectivity index (χ2v) is 9.86. The second kappa shape index (κ2) is 9.32. The topological polar surface area (TPSA) is 116 Å². The Morgan fingerprint density at radius 1 is 1.06 bits per heavy atom. The molecule has 0 saturated carbocycles. The van der Waals surface area contributed by atoms with Crippen molar-refractivity contribution in [3.05, 3.63) is 59.7 Å². The number of carbonyl (C=O) groups excluding carboxylic acids is 3. The zero-order valence-corrected chi connectivity index (χ0v) is 19.9. The highest BCUT2D eigenvalue weighted by Crippen LogP contribution is 2.30. The molecule has 2 aromatic carbocycles. The fourth-order valence-electron chi connectivity index (χ4n) is 3.92. The van der Waals surface area contributed by atoms with Crippen molar-refractivity contribution in [2.75, 3.05) is 25.0 Å². The summed E-state index contributed by atoms with van der Waals surface area (Å²) in [5.41, 5.74) is 0.603. The number of sulfonamides is 1. The van der Waals surface area contributed by atoms with Crippen LogP contribution in [-0.2, 0) is 25.2 Å². The maximum Gasteiger partial charge on any atom is 0.325 e. The zero-order chi connectivity index (χ0) is 24.4. The van der Waals surface area contributed by atoms with Crippen LogP contribution in [0.2, 0.25) is 0 Å². The minimum Gasteiger partial charge on any atom is -0.325 e. The van der Waals surface area contributed by atoms with Gasteiger partial charge in [-0.3, -0.25) is 14.5 Å². The Morgan fingerprint density at radius 2 is 1.67 bits per heavy atom. The summed E-state index contributed by atoms with van der Waals surface area (Å²) in [5.74, 6) is -1.09. The van der Waals surface area contributed by atoms with Gasteiger partial charge in [-0.1, -0.05) is 38.1 Å². The van der Waals surface area contributed by atoms with Gasteiger partial charge in [-0.2, -0.15) is 4.31 Å². The number of nitrogens with zero attached hydrogens (tertiary/aromatic N) is 2. The van der Waals surface area contributed by atoms with E-state index in [1.54, 1.807) is 32.9 Å². The molecule has 2 aromatic rings. The van der Waals surface area contributed by atoms with Gasteiger partial charge < -0.3 is 10.6 Å². The number of hydrogen-bond donors (Lipinski definition) is 2. The van der Waals surface area contributed by atoms with Gasteiger partial charge >= 0.3 is 6.03 Å². The first-order valence-electron chi connectivity index (χ1n) is 10.6. The van der Waals surface area contributed by atoms with Crippen molar-refractivity contribution in [3.8, 4) is 0 Å². The number of anilines is 1. The highest BCUT2D eigenvalue weighted by Gasteiger charge is 2.50. The van der Waals surface area contributed by atoms with Crippen LogP contribution in [0.5, 0.6) is 0 Å². The Kier molecular flexibility index (Phi) is 6.89. The molecular weight excluding hydrogens is 444 g/mol. The molecule has 1 saturated heterocycles. The third-order valence-electron chi connectivity index (χ3n) is 5.74. The summed E-state index contributed by atoms with van der Waals surface area (Å²) < 4.78 is 26.5. The Bertz CT molecular complexity index is 1180. The summed E-state index contributed by atoms with van der Waals surface area (Å²) >= 11 is 0. The van der Waals surface area contributed by atoms with E-state index in [0.717, 1.165) is 10.5 Å². The maximum absolute atomic E-state index is 13.0. The van der Waals surface area contributed by atoms with Crippen molar-refractivity contribution < 1.29 is 22.8 Å². The number of aryl methyl sites for hydroxylation is 1. The molecule has 176 valence electrons. The van der Waals surface area contributed by atoms with Crippen LogP contribution in [0.4, 0.5) is 10.5 Å². The average Bonchev–Trinajstić information content (AvgIpc) is 2.98. The lowest BCUT2D eigenvalue weighted by molar-refractivity contribution is -0.133. The van der Waals surface area contributed by atoms with Crippen molar-refractivity contribution >= 4 is 33.6 Å². The van der Waals surface area contributed by atoms with Gasteiger partial charge in [0.15, 0.2) is 0 Å². The van der Waals surface area contributed by atoms with Crippen molar-refractivity contribution in [2.45, 2.75) is 38.1 Å². The van der Waals surface area contributed by atoms with Crippen molar-refractivity contribution in [1.29, 1.82) is 0 Å². The Morgan fingerprint density at radius 3 is 2.24 bits per heavy atom. The largest absolute Gasteiger partial charge is 0.325 e. The zero-order valence-electron chi connectivity index (χ0n) is 19.1. The Balaban J connectivity index is 1.71. The average molecular weight is 473 g/mol. The summed E-state index contributed by atoms with van der Waals surface area (Å²) in [7, 11) is -3.61. The van der Waals surface area contributed by atoms with Crippen molar-refractivity contribution in [2.24, 2.45) is 0 Å². The smallest absolute Gasteiger partial charge is 0.325 e. The molecule has 2 N–H and O–H groups in total. The highest BCUT2D eigenvalue weighted by molar-refractivity contribution is 7.89. The maximum atomic E-state index is 13.0. The van der Waals surface area contributed by atoms with Gasteiger partial charge in [-0.25, -0.2) is 13.2 Å². The van der Waals surface area contributed by atoms with Gasteiger partial charge in [-0.05, 0) is 49.2 Å². The van der Waals surface area contributed by atoms with E-state index in [0.29, 0.717) is 24.3 Å². The molecule has 4 amide bonds. The number of benzene rings is 2. The molecule has 3 rings (SSSR count). The summed E-state index contributed by atoms with van der Waals surface area (Å²) in [6, 6.07) is 12.3. The van der Waals surface area contributed by atoms with Gasteiger partial charge in [0.25, 0.3) is 5.91 Å². The molecule has 0 bridgehead atoms. The first-order valence-corrected chi connectivity index (χ1v) is 12.1. The molecule has 9 nitrogen and oxygen atoms in total. The molecule has 1 aliphatic heterocycles. The molecule has 0 spiro atoms. The Labute approximate surface area is 193 Å². The van der Waals surface area contributed by atoms with Crippen LogP contribution in [0.25, 0.3) is 0 Å². The van der Waals surface area contributed by atoms with Crippen LogP contribution in [0.3, 0.4) is 0 Å². The predicted molar refractivity (Wildman–Crippen MR) is 124 cm³/mol. The number of amides is 4. The van der Waals surface area contributed by atoms with Crippen LogP contribution < -0.4 is 10.6 Å². The number of hydrogen-bond acceptors (Lipinski definition) is 5. The molecule has 0 aliphatic carbocycles. The van der Waals surface area contributed by atoms with Gasteiger partial charge in [0.05, 0.1) is 4.90 Å². The van der Waals surface area contributed by atoms with E-state index in [-0.39, 0.29) is 4.90 Å². The van der Waals surface area contributed by atoms with Gasteiger partial charge in [0.2, 0.25) is 15.9 Å². The van der Waals surface area contributed by atoms with E-state index in [9.17, 15) is 22.8 Å². The van der Waals surface area contributed by atoms with E-state index in [1.807, 2.05) is 19.1 Å². The molecule has 0 radical (unpaired) electrons. The van der Waals surface area contributed by atoms with E-state index >= 15 is 0 Å². The summed E-state index contributed by atoms with van der Waals surface area (Å²) in [6.07, 6.45) is 0. The fourth-order valence-corrected chi connectivity index (χ4v) is 5.38. The normalized spacial score (nSPS) is 18.5. The van der Waals surface area contributed by atoms with Crippen LogP contribution in [0, 0.1) is 6.92 Å². The van der Waals surface area contributed by atoms with E-state index in [1.165, 1.54) is 28.6 Å². The standard InChI is InChI=1S/C23H28N4O5S/c1-5-26(6-2)33(31,32)18-13-11-17(12-14-18)24-20(28)15-27-21(29)23(4,25-22(27)30)19-10-8-7-9-16(19)3/h7-14H,5-6,15H2,1-4H3,(H,24,28)(H,25,30). The number of carbonyl (C=O) groups is 3. The minimum absolute atomic E-state index is 0.118. The second-order valence-electron chi connectivity index (χ2n) is 7.92. The minimum atomic E-state index is -3.61. The van der Waals surface area contributed by atoms with Gasteiger partial charge in [0, 0.05) is 18.8 Å². The number of nitrogens with one attached hydrogen (secondary N) is 2. The fraction of sp³-hybridized carbons (Fsp3) is 0.348. The summed E-state index contributed by atoms with van der Waals surface area (Å²) in [6.45, 7) is 7.22. The van der Waals surface area contributed by atoms with E-state index in [4.69, 9.17) is 0 Å². The summed E-state index contributed by atoms with van der Waals surface area (Å²) in [5, 5.41) is 5.29. The number of urea groups is 1. The van der Waals surface area contributed by atoms with E-state index < -0.39 is 40.0 Å². The van der Waals surface area contributed by atoms with Crippen LogP contribution in [0.1, 0.15) is 31.9 Å². The SMILES string of the molecule is CCN(CC)S(=O)(=O)c1ccc(NC(=O)CN2C(=O)NC(C)(c3ccccc3C)C2=O)cc1. The molecule has 1 atom stereocenters. The highest BCUT2D eigenvalue weighted by atomic mass is 32.2. The van der Waals surface area contributed by atoms with Crippen LogP contribution in [0.15, 0.2) is 53.4 Å². The first-order chi connectivity index (χ1) is 15.5. The molecule has 1 fully saturated rings. The molecule has 0 aromatic heterocycles. The van der Waals surface area contributed by atoms with Gasteiger partial charge in [0.1, 0.15) is 12.1 Å². The lowest BCUT2D eigenvalue weighted by atomic mass is 9.88. The first kappa shape index (κ1) is 24.4.